The highest BCUT2D eigenvalue weighted by Gasteiger charge is 2.44. The van der Waals surface area contributed by atoms with Crippen LogP contribution < -0.4 is 38.9 Å². The number of hydrogen-bond acceptors (Lipinski definition) is 11. The number of esters is 1. The topological polar surface area (TPSA) is 164 Å². The van der Waals surface area contributed by atoms with Gasteiger partial charge in [-0.15, -0.1) is 16.0 Å². The first kappa shape index (κ1) is 37.4. The molecular formula is C32H32F2IN7O6S. The Morgan fingerprint density at radius 3 is 2.69 bits per heavy atom. The fourth-order valence-electron chi connectivity index (χ4n) is 5.36. The van der Waals surface area contributed by atoms with Gasteiger partial charge in [0.15, 0.2) is 0 Å². The second-order valence-corrected chi connectivity index (χ2v) is 12.1. The van der Waals surface area contributed by atoms with Crippen LogP contribution in [0.2, 0.25) is 0 Å². The van der Waals surface area contributed by atoms with E-state index in [1.54, 1.807) is 43.6 Å². The molecule has 5 rings (SSSR count). The number of likely N-dealkylation sites (tertiary alicyclic amines) is 1. The molecule has 49 heavy (non-hydrogen) atoms. The number of carbonyl (C=O) groups excluding carboxylic acids is 3. The molecule has 0 unspecified atom stereocenters. The SMILES string of the molecule is CNCC(=O)OC[C@@H]1CCC(=O)N1C(=O)O[n+]1cn(C[C@](O)(c2cc(F)ccc2F)[C@@H](C)c2nc(-c3ccc(C#N)cc3)cs2)nc1C.[I-]. The van der Waals surface area contributed by atoms with E-state index in [2.05, 4.69) is 21.5 Å². The van der Waals surface area contributed by atoms with Gasteiger partial charge in [-0.25, -0.2) is 23.5 Å². The monoisotopic (exact) mass is 807 g/mol. The molecule has 0 spiro atoms. The van der Waals surface area contributed by atoms with Crippen LogP contribution >= 0.6 is 11.3 Å². The molecular weight excluding hydrogens is 775 g/mol. The van der Waals surface area contributed by atoms with Crippen molar-refractivity contribution in [2.45, 2.75) is 50.8 Å². The molecule has 1 aliphatic rings. The minimum Gasteiger partial charge on any atom is -1.00 e. The number of carbonyl (C=O) groups is 3. The lowest BCUT2D eigenvalue weighted by molar-refractivity contribution is -0.874. The van der Waals surface area contributed by atoms with E-state index in [1.165, 1.54) is 29.3 Å². The molecule has 2 amide bonds. The number of nitriles is 1. The molecule has 2 N–H and O–H groups in total. The van der Waals surface area contributed by atoms with Crippen molar-refractivity contribution in [3.8, 4) is 17.3 Å². The van der Waals surface area contributed by atoms with Crippen molar-refractivity contribution >= 4 is 29.3 Å². The average Bonchev–Trinajstić information content (AvgIpc) is 3.79. The van der Waals surface area contributed by atoms with Crippen molar-refractivity contribution < 1.29 is 66.6 Å². The number of nitrogens with zero attached hydrogens (tertiary/aromatic N) is 6. The summed E-state index contributed by atoms with van der Waals surface area (Å²) in [5.41, 5.74) is -0.669. The fraction of sp³-hybridized carbons (Fsp3) is 0.344. The van der Waals surface area contributed by atoms with Crippen molar-refractivity contribution in [1.82, 2.24) is 25.0 Å². The highest BCUT2D eigenvalue weighted by Crippen LogP contribution is 2.41. The summed E-state index contributed by atoms with van der Waals surface area (Å²) in [5, 5.41) is 30.5. The molecule has 1 saturated heterocycles. The van der Waals surface area contributed by atoms with E-state index in [9.17, 15) is 23.9 Å². The van der Waals surface area contributed by atoms with E-state index in [0.717, 1.165) is 33.4 Å². The van der Waals surface area contributed by atoms with Crippen LogP contribution in [0.4, 0.5) is 13.6 Å². The zero-order valence-corrected chi connectivity index (χ0v) is 29.6. The van der Waals surface area contributed by atoms with Crippen molar-refractivity contribution in [3.05, 3.63) is 87.8 Å². The van der Waals surface area contributed by atoms with E-state index < -0.39 is 53.7 Å². The van der Waals surface area contributed by atoms with Crippen LogP contribution in [0.1, 0.15) is 47.6 Å². The number of thiazole rings is 1. The quantitative estimate of drug-likeness (QED) is 0.118. The fourth-order valence-corrected chi connectivity index (χ4v) is 6.33. The smallest absolute Gasteiger partial charge is 0.454 e. The van der Waals surface area contributed by atoms with E-state index in [-0.39, 0.29) is 61.4 Å². The second-order valence-electron chi connectivity index (χ2n) is 11.2. The largest absolute Gasteiger partial charge is 1.00 e. The van der Waals surface area contributed by atoms with Crippen LogP contribution in [-0.2, 0) is 26.5 Å². The van der Waals surface area contributed by atoms with Crippen LogP contribution in [0.15, 0.2) is 54.2 Å². The van der Waals surface area contributed by atoms with E-state index in [1.807, 2.05) is 0 Å². The molecule has 258 valence electrons. The summed E-state index contributed by atoms with van der Waals surface area (Å²) in [6.45, 7) is 2.47. The van der Waals surface area contributed by atoms with Crippen LogP contribution in [0.25, 0.3) is 11.3 Å². The Balaban J connectivity index is 0.00000541. The minimum absolute atomic E-state index is 0. The molecule has 13 nitrogen and oxygen atoms in total. The lowest BCUT2D eigenvalue weighted by Crippen LogP contribution is -3.00. The maximum Gasteiger partial charge on any atom is 0.454 e. The third-order valence-corrected chi connectivity index (χ3v) is 9.03. The molecule has 17 heteroatoms. The number of hydrogen-bond donors (Lipinski definition) is 2. The van der Waals surface area contributed by atoms with Gasteiger partial charge in [0, 0.05) is 40.9 Å². The standard InChI is InChI=1S/C32H32F2N7O6S.HI/c1-19(30-37-27(16-48-30)22-6-4-21(13-35)5-7-22)32(45,25-12-23(33)8-10-26(25)34)17-39-18-40(20(2)38-39)47-31(44)41-24(9-11-28(41)42)15-46-29(43)14-36-3;/h4-8,10,12,16,18-19,24,36,45H,9,11,14-15,17H2,1-3H3;1H/q+1;/p-1/t19-,24-,32+;/m0./s1. The van der Waals surface area contributed by atoms with E-state index in [0.29, 0.717) is 16.3 Å². The number of likely N-dealkylation sites (N-methyl/N-ethyl adjacent to an activating group) is 1. The summed E-state index contributed by atoms with van der Waals surface area (Å²) in [4.78, 5) is 48.4. The Labute approximate surface area is 301 Å². The number of ether oxygens (including phenoxy) is 1. The van der Waals surface area contributed by atoms with Gasteiger partial charge in [0.05, 0.1) is 34.9 Å². The lowest BCUT2D eigenvalue weighted by Gasteiger charge is -2.32. The van der Waals surface area contributed by atoms with Crippen molar-refractivity contribution in [2.24, 2.45) is 0 Å². The molecule has 3 heterocycles. The van der Waals surface area contributed by atoms with Gasteiger partial charge >= 0.3 is 17.9 Å². The van der Waals surface area contributed by atoms with Gasteiger partial charge < -0.3 is 39.1 Å². The predicted octanol–water partition coefficient (Wildman–Crippen LogP) is -0.250. The Morgan fingerprint density at radius 1 is 1.27 bits per heavy atom. The first-order valence-electron chi connectivity index (χ1n) is 14.9. The Kier molecular flexibility index (Phi) is 12.1. The van der Waals surface area contributed by atoms with E-state index in [4.69, 9.17) is 14.8 Å². The molecule has 0 aliphatic carbocycles. The predicted molar refractivity (Wildman–Crippen MR) is 165 cm³/mol. The maximum atomic E-state index is 15.3. The first-order valence-corrected chi connectivity index (χ1v) is 15.8. The molecule has 2 aromatic heterocycles. The third kappa shape index (κ3) is 8.26. The number of amides is 2. The average molecular weight is 808 g/mol. The zero-order valence-electron chi connectivity index (χ0n) is 26.6. The molecule has 3 atom stereocenters. The normalized spacial score (nSPS) is 16.0. The number of rotatable bonds is 11. The van der Waals surface area contributed by atoms with Gasteiger partial charge in [-0.05, 0) is 48.5 Å². The number of aryl methyl sites for hydroxylation is 1. The molecule has 2 aromatic carbocycles. The van der Waals surface area contributed by atoms with Gasteiger partial charge in [0.2, 0.25) is 5.91 Å². The molecule has 0 saturated carbocycles. The van der Waals surface area contributed by atoms with Gasteiger partial charge in [-0.2, -0.15) is 5.26 Å². The van der Waals surface area contributed by atoms with Gasteiger partial charge in [0.25, 0.3) is 6.33 Å². The molecule has 1 aliphatic heterocycles. The summed E-state index contributed by atoms with van der Waals surface area (Å²) < 4.78 is 37.1. The second kappa shape index (κ2) is 15.9. The van der Waals surface area contributed by atoms with E-state index >= 15 is 4.39 Å². The highest BCUT2D eigenvalue weighted by molar-refractivity contribution is 7.10. The van der Waals surface area contributed by atoms with Crippen molar-refractivity contribution in [3.63, 3.8) is 0 Å². The van der Waals surface area contributed by atoms with Crippen molar-refractivity contribution in [1.29, 1.82) is 5.26 Å². The number of halogens is 3. The summed E-state index contributed by atoms with van der Waals surface area (Å²) in [6, 6.07) is 10.9. The van der Waals surface area contributed by atoms with Crippen molar-refractivity contribution in [2.75, 3.05) is 20.2 Å². The highest BCUT2D eigenvalue weighted by atomic mass is 127. The summed E-state index contributed by atoms with van der Waals surface area (Å²) in [6.07, 6.45) is 0.532. The molecule has 0 bridgehead atoms. The third-order valence-electron chi connectivity index (χ3n) is 8.00. The van der Waals surface area contributed by atoms with Crippen LogP contribution in [0.5, 0.6) is 0 Å². The van der Waals surface area contributed by atoms with Gasteiger partial charge in [0.1, 0.15) is 30.4 Å². The maximum absolute atomic E-state index is 15.3. The van der Waals surface area contributed by atoms with Crippen LogP contribution in [0, 0.1) is 29.9 Å². The Hall–Kier alpha value is -4.38. The van der Waals surface area contributed by atoms with Gasteiger partial charge in [-0.3, -0.25) is 14.4 Å². The zero-order chi connectivity index (χ0) is 34.6. The molecule has 1 fully saturated rings. The van der Waals surface area contributed by atoms with Gasteiger partial charge in [-0.1, -0.05) is 19.1 Å². The molecule has 0 radical (unpaired) electrons. The Morgan fingerprint density at radius 2 is 2.00 bits per heavy atom. The number of nitrogens with one attached hydrogen (secondary N) is 1. The first-order chi connectivity index (χ1) is 22.9. The number of aliphatic hydroxyl groups is 1. The number of aromatic nitrogens is 4. The summed E-state index contributed by atoms with van der Waals surface area (Å²) in [7, 11) is 1.58. The minimum atomic E-state index is -2.11. The van der Waals surface area contributed by atoms with Crippen LogP contribution in [-0.4, -0.2) is 69.0 Å². The number of imide groups is 1. The summed E-state index contributed by atoms with van der Waals surface area (Å²) in [5.74, 6) is -3.44. The summed E-state index contributed by atoms with van der Waals surface area (Å²) >= 11 is 1.22. The lowest BCUT2D eigenvalue weighted by atomic mass is 9.82. The van der Waals surface area contributed by atoms with Crippen LogP contribution in [0.3, 0.4) is 0 Å². The Bertz CT molecular complexity index is 1880. The molecule has 4 aromatic rings. The number of benzene rings is 2.